The topological polar surface area (TPSA) is 84.5 Å². The van der Waals surface area contributed by atoms with Gasteiger partial charge in [0.05, 0.1) is 17.2 Å². The third-order valence-corrected chi connectivity index (χ3v) is 5.42. The van der Waals surface area contributed by atoms with E-state index in [-0.39, 0.29) is 16.1 Å². The molecule has 0 aliphatic heterocycles. The summed E-state index contributed by atoms with van der Waals surface area (Å²) in [5, 5.41) is 2.31. The van der Waals surface area contributed by atoms with Gasteiger partial charge in [-0.2, -0.15) is 0 Å². The SMILES string of the molecule is CCOc1ccc(NS(=O)(=O)c2ccc(C(=O)Nc3ccc(F)cc3F)cc2)cc1. The summed E-state index contributed by atoms with van der Waals surface area (Å²) in [5.74, 6) is -1.72. The average Bonchev–Trinajstić information content (AvgIpc) is 2.71. The Balaban J connectivity index is 1.71. The van der Waals surface area contributed by atoms with E-state index in [0.29, 0.717) is 24.1 Å². The van der Waals surface area contributed by atoms with Crippen molar-refractivity contribution in [2.45, 2.75) is 11.8 Å². The van der Waals surface area contributed by atoms with Gasteiger partial charge in [-0.05, 0) is 67.6 Å². The molecule has 30 heavy (non-hydrogen) atoms. The van der Waals surface area contributed by atoms with Crippen molar-refractivity contribution in [3.63, 3.8) is 0 Å². The van der Waals surface area contributed by atoms with Gasteiger partial charge < -0.3 is 10.1 Å². The van der Waals surface area contributed by atoms with Gasteiger partial charge in [-0.25, -0.2) is 17.2 Å². The van der Waals surface area contributed by atoms with Gasteiger partial charge in [0.1, 0.15) is 17.4 Å². The third-order valence-electron chi connectivity index (χ3n) is 4.02. The molecule has 0 atom stereocenters. The van der Waals surface area contributed by atoms with Crippen molar-refractivity contribution in [1.29, 1.82) is 0 Å². The van der Waals surface area contributed by atoms with Gasteiger partial charge in [-0.3, -0.25) is 9.52 Å². The molecule has 0 unspecified atom stereocenters. The summed E-state index contributed by atoms with van der Waals surface area (Å²) in [7, 11) is -3.88. The molecule has 0 saturated heterocycles. The minimum Gasteiger partial charge on any atom is -0.494 e. The van der Waals surface area contributed by atoms with Crippen LogP contribution in [0.25, 0.3) is 0 Å². The summed E-state index contributed by atoms with van der Waals surface area (Å²) in [6.07, 6.45) is 0. The fourth-order valence-corrected chi connectivity index (χ4v) is 3.63. The summed E-state index contributed by atoms with van der Waals surface area (Å²) in [6.45, 7) is 2.34. The summed E-state index contributed by atoms with van der Waals surface area (Å²) in [5.41, 5.74) is 0.279. The van der Waals surface area contributed by atoms with Crippen molar-refractivity contribution in [2.24, 2.45) is 0 Å². The maximum absolute atomic E-state index is 13.7. The van der Waals surface area contributed by atoms with Gasteiger partial charge in [0.25, 0.3) is 15.9 Å². The van der Waals surface area contributed by atoms with Crippen LogP contribution in [-0.4, -0.2) is 20.9 Å². The van der Waals surface area contributed by atoms with E-state index in [2.05, 4.69) is 10.0 Å². The first kappa shape index (κ1) is 21.3. The minimum atomic E-state index is -3.88. The second-order valence-corrected chi connectivity index (χ2v) is 7.85. The lowest BCUT2D eigenvalue weighted by Gasteiger charge is -2.10. The molecule has 0 heterocycles. The number of carbonyl (C=O) groups is 1. The number of ether oxygens (including phenoxy) is 1. The molecule has 3 aromatic carbocycles. The van der Waals surface area contributed by atoms with Crippen LogP contribution in [0, 0.1) is 11.6 Å². The van der Waals surface area contributed by atoms with E-state index in [1.54, 1.807) is 24.3 Å². The fraction of sp³-hybridized carbons (Fsp3) is 0.0952. The molecule has 0 bridgehead atoms. The lowest BCUT2D eigenvalue weighted by atomic mass is 10.2. The molecule has 3 aromatic rings. The van der Waals surface area contributed by atoms with Crippen LogP contribution in [0.15, 0.2) is 71.6 Å². The van der Waals surface area contributed by atoms with Crippen LogP contribution in [0.3, 0.4) is 0 Å². The number of sulfonamides is 1. The zero-order valence-corrected chi connectivity index (χ0v) is 16.7. The third kappa shape index (κ3) is 5.12. The Morgan fingerprint density at radius 1 is 0.967 bits per heavy atom. The second kappa shape index (κ2) is 8.91. The van der Waals surface area contributed by atoms with Gasteiger partial charge in [0, 0.05) is 17.3 Å². The first-order chi connectivity index (χ1) is 14.3. The normalized spacial score (nSPS) is 11.0. The molecule has 0 saturated carbocycles. The zero-order valence-electron chi connectivity index (χ0n) is 15.9. The van der Waals surface area contributed by atoms with Crippen LogP contribution in [0.2, 0.25) is 0 Å². The number of hydrogen-bond acceptors (Lipinski definition) is 4. The summed E-state index contributed by atoms with van der Waals surface area (Å²) >= 11 is 0. The van der Waals surface area contributed by atoms with Gasteiger partial charge in [-0.15, -0.1) is 0 Å². The highest BCUT2D eigenvalue weighted by molar-refractivity contribution is 7.92. The Morgan fingerprint density at radius 2 is 1.63 bits per heavy atom. The molecule has 0 aliphatic carbocycles. The first-order valence-electron chi connectivity index (χ1n) is 8.90. The van der Waals surface area contributed by atoms with E-state index >= 15 is 0 Å². The lowest BCUT2D eigenvalue weighted by molar-refractivity contribution is 0.102. The molecule has 0 fully saturated rings. The lowest BCUT2D eigenvalue weighted by Crippen LogP contribution is -2.15. The molecule has 0 aromatic heterocycles. The number of hydrogen-bond donors (Lipinski definition) is 2. The average molecular weight is 432 g/mol. The molecule has 0 aliphatic rings. The van der Waals surface area contributed by atoms with Crippen LogP contribution in [0.4, 0.5) is 20.2 Å². The standard InChI is InChI=1S/C21H18F2N2O4S/c1-2-29-17-8-6-16(7-9-17)25-30(27,28)18-10-3-14(4-11-18)21(26)24-20-12-5-15(22)13-19(20)23/h3-13,25H,2H2,1H3,(H,24,26). The van der Waals surface area contributed by atoms with Gasteiger partial charge in [-0.1, -0.05) is 0 Å². The van der Waals surface area contributed by atoms with Crippen molar-refractivity contribution in [2.75, 3.05) is 16.6 Å². The number of carbonyl (C=O) groups excluding carboxylic acids is 1. The molecule has 156 valence electrons. The smallest absolute Gasteiger partial charge is 0.261 e. The van der Waals surface area contributed by atoms with Crippen LogP contribution >= 0.6 is 0 Å². The van der Waals surface area contributed by atoms with E-state index in [1.165, 1.54) is 24.3 Å². The quantitative estimate of drug-likeness (QED) is 0.579. The van der Waals surface area contributed by atoms with Crippen LogP contribution in [0.1, 0.15) is 17.3 Å². The monoisotopic (exact) mass is 432 g/mol. The maximum Gasteiger partial charge on any atom is 0.261 e. The van der Waals surface area contributed by atoms with E-state index in [1.807, 2.05) is 6.92 Å². The van der Waals surface area contributed by atoms with E-state index in [0.717, 1.165) is 12.1 Å². The van der Waals surface area contributed by atoms with E-state index in [4.69, 9.17) is 4.74 Å². The highest BCUT2D eigenvalue weighted by atomic mass is 32.2. The minimum absolute atomic E-state index is 0.0547. The molecule has 0 radical (unpaired) electrons. The van der Waals surface area contributed by atoms with Crippen LogP contribution in [0.5, 0.6) is 5.75 Å². The number of nitrogens with one attached hydrogen (secondary N) is 2. The molecular formula is C21H18F2N2O4S. The van der Waals surface area contributed by atoms with E-state index in [9.17, 15) is 22.0 Å². The number of rotatable bonds is 7. The molecule has 3 rings (SSSR count). The van der Waals surface area contributed by atoms with Crippen molar-refractivity contribution in [3.05, 3.63) is 83.9 Å². The Labute approximate surface area is 172 Å². The van der Waals surface area contributed by atoms with Crippen molar-refractivity contribution in [3.8, 4) is 5.75 Å². The van der Waals surface area contributed by atoms with Gasteiger partial charge >= 0.3 is 0 Å². The van der Waals surface area contributed by atoms with Crippen molar-refractivity contribution >= 4 is 27.3 Å². The molecule has 2 N–H and O–H groups in total. The Bertz CT molecular complexity index is 1150. The molecule has 1 amide bonds. The Morgan fingerprint density at radius 3 is 2.23 bits per heavy atom. The predicted octanol–water partition coefficient (Wildman–Crippen LogP) is 4.42. The molecular weight excluding hydrogens is 414 g/mol. The van der Waals surface area contributed by atoms with Crippen molar-refractivity contribution < 1.29 is 26.7 Å². The Kier molecular flexibility index (Phi) is 6.31. The summed E-state index contributed by atoms with van der Waals surface area (Å²) < 4.78 is 59.4. The predicted molar refractivity (Wildman–Crippen MR) is 109 cm³/mol. The first-order valence-corrected chi connectivity index (χ1v) is 10.4. The number of halogens is 2. The molecule has 9 heteroatoms. The maximum atomic E-state index is 13.7. The summed E-state index contributed by atoms with van der Waals surface area (Å²) in [6, 6.07) is 14.3. The second-order valence-electron chi connectivity index (χ2n) is 6.17. The number of anilines is 2. The molecule has 0 spiro atoms. The molecule has 6 nitrogen and oxygen atoms in total. The number of benzene rings is 3. The van der Waals surface area contributed by atoms with E-state index < -0.39 is 27.6 Å². The largest absolute Gasteiger partial charge is 0.494 e. The van der Waals surface area contributed by atoms with Crippen LogP contribution < -0.4 is 14.8 Å². The van der Waals surface area contributed by atoms with Crippen molar-refractivity contribution in [1.82, 2.24) is 0 Å². The van der Waals surface area contributed by atoms with Gasteiger partial charge in [0.2, 0.25) is 0 Å². The zero-order chi connectivity index (χ0) is 21.7. The summed E-state index contributed by atoms with van der Waals surface area (Å²) in [4.78, 5) is 12.2. The van der Waals surface area contributed by atoms with Gasteiger partial charge in [0.15, 0.2) is 0 Å². The number of amides is 1. The highest BCUT2D eigenvalue weighted by Gasteiger charge is 2.16. The van der Waals surface area contributed by atoms with Crippen LogP contribution in [-0.2, 0) is 10.0 Å². The Hall–Kier alpha value is -3.46. The highest BCUT2D eigenvalue weighted by Crippen LogP contribution is 2.21. The fourth-order valence-electron chi connectivity index (χ4n) is 2.57.